The summed E-state index contributed by atoms with van der Waals surface area (Å²) in [5, 5.41) is 5.64. The van der Waals surface area contributed by atoms with Gasteiger partial charge in [0.2, 0.25) is 0 Å². The zero-order valence-corrected chi connectivity index (χ0v) is 13.0. The topological polar surface area (TPSA) is 15.3 Å². The van der Waals surface area contributed by atoms with Gasteiger partial charge in [0, 0.05) is 31.1 Å². The van der Waals surface area contributed by atoms with Gasteiger partial charge in [0.05, 0.1) is 6.04 Å². The Balaban J connectivity index is 2.00. The Morgan fingerprint density at radius 3 is 2.60 bits per heavy atom. The van der Waals surface area contributed by atoms with Crippen LogP contribution >= 0.6 is 11.3 Å². The molecule has 2 nitrogen and oxygen atoms in total. The number of nitrogens with one attached hydrogen (secondary N) is 1. The van der Waals surface area contributed by atoms with Crippen LogP contribution < -0.4 is 5.32 Å². The molecule has 1 aliphatic rings. The molecule has 0 saturated carbocycles. The molecule has 1 aromatic heterocycles. The molecular formula is C17H22N2S. The molecule has 0 spiro atoms. The fraction of sp³-hybridized carbons (Fsp3) is 0.412. The molecule has 3 heteroatoms. The normalized spacial score (nSPS) is 18.1. The van der Waals surface area contributed by atoms with Gasteiger partial charge < -0.3 is 5.32 Å². The number of hydrogen-bond acceptors (Lipinski definition) is 3. The lowest BCUT2D eigenvalue weighted by Crippen LogP contribution is -2.45. The number of aryl methyl sites for hydroxylation is 2. The van der Waals surface area contributed by atoms with E-state index >= 15 is 0 Å². The zero-order chi connectivity index (χ0) is 13.9. The van der Waals surface area contributed by atoms with Gasteiger partial charge in [-0.15, -0.1) is 11.3 Å². The first kappa shape index (κ1) is 13.8. The zero-order valence-electron chi connectivity index (χ0n) is 12.2. The van der Waals surface area contributed by atoms with Crippen molar-refractivity contribution < 1.29 is 0 Å². The number of piperazine rings is 1. The summed E-state index contributed by atoms with van der Waals surface area (Å²) in [5.41, 5.74) is 4.21. The number of benzene rings is 1. The molecule has 2 heterocycles. The van der Waals surface area contributed by atoms with Crippen LogP contribution in [0.5, 0.6) is 0 Å². The Bertz CT molecular complexity index is 556. The van der Waals surface area contributed by atoms with E-state index in [0.29, 0.717) is 6.04 Å². The highest BCUT2D eigenvalue weighted by molar-refractivity contribution is 7.10. The van der Waals surface area contributed by atoms with Crippen LogP contribution in [0.2, 0.25) is 0 Å². The second-order valence-electron chi connectivity index (χ2n) is 5.56. The van der Waals surface area contributed by atoms with Crippen LogP contribution in [0.15, 0.2) is 35.7 Å². The number of hydrogen-bond donors (Lipinski definition) is 1. The third kappa shape index (κ3) is 2.80. The molecular weight excluding hydrogens is 264 g/mol. The minimum atomic E-state index is 0.415. The predicted molar refractivity (Wildman–Crippen MR) is 86.5 cm³/mol. The summed E-state index contributed by atoms with van der Waals surface area (Å²) in [6.07, 6.45) is 0. The average Bonchev–Trinajstić information content (AvgIpc) is 2.97. The third-order valence-electron chi connectivity index (χ3n) is 4.05. The Labute approximate surface area is 125 Å². The summed E-state index contributed by atoms with van der Waals surface area (Å²) < 4.78 is 0. The summed E-state index contributed by atoms with van der Waals surface area (Å²) in [6, 6.07) is 11.7. The van der Waals surface area contributed by atoms with E-state index < -0.39 is 0 Å². The van der Waals surface area contributed by atoms with Crippen LogP contribution in [0.1, 0.15) is 27.6 Å². The highest BCUT2D eigenvalue weighted by atomic mass is 32.1. The van der Waals surface area contributed by atoms with Crippen molar-refractivity contribution in [2.24, 2.45) is 0 Å². The maximum absolute atomic E-state index is 3.45. The molecule has 0 bridgehead atoms. The van der Waals surface area contributed by atoms with E-state index in [0.717, 1.165) is 26.2 Å². The highest BCUT2D eigenvalue weighted by Gasteiger charge is 2.25. The molecule has 2 aromatic rings. The van der Waals surface area contributed by atoms with E-state index in [1.54, 1.807) is 0 Å². The van der Waals surface area contributed by atoms with Crippen LogP contribution in [0, 0.1) is 13.8 Å². The summed E-state index contributed by atoms with van der Waals surface area (Å²) in [5.74, 6) is 0. The molecule has 20 heavy (non-hydrogen) atoms. The molecule has 0 unspecified atom stereocenters. The Kier molecular flexibility index (Phi) is 4.20. The van der Waals surface area contributed by atoms with Gasteiger partial charge in [-0.2, -0.15) is 0 Å². The maximum Gasteiger partial charge on any atom is 0.0699 e. The lowest BCUT2D eigenvalue weighted by molar-refractivity contribution is 0.200. The Morgan fingerprint density at radius 2 is 1.95 bits per heavy atom. The monoisotopic (exact) mass is 286 g/mol. The van der Waals surface area contributed by atoms with Gasteiger partial charge in [0.25, 0.3) is 0 Å². The van der Waals surface area contributed by atoms with E-state index in [4.69, 9.17) is 0 Å². The molecule has 0 radical (unpaired) electrons. The first-order valence-electron chi connectivity index (χ1n) is 7.31. The molecule has 0 amide bonds. The summed E-state index contributed by atoms with van der Waals surface area (Å²) >= 11 is 1.87. The van der Waals surface area contributed by atoms with Crippen molar-refractivity contribution in [1.29, 1.82) is 0 Å². The second kappa shape index (κ2) is 6.08. The number of rotatable bonds is 3. The van der Waals surface area contributed by atoms with Gasteiger partial charge in [-0.25, -0.2) is 0 Å². The number of nitrogens with zero attached hydrogens (tertiary/aromatic N) is 1. The van der Waals surface area contributed by atoms with Crippen molar-refractivity contribution in [1.82, 2.24) is 10.2 Å². The van der Waals surface area contributed by atoms with Crippen LogP contribution in [0.4, 0.5) is 0 Å². The molecule has 1 aliphatic heterocycles. The van der Waals surface area contributed by atoms with E-state index in [1.807, 2.05) is 11.3 Å². The van der Waals surface area contributed by atoms with Gasteiger partial charge in [-0.05, 0) is 36.4 Å². The molecule has 1 fully saturated rings. The summed E-state index contributed by atoms with van der Waals surface area (Å²) in [6.45, 7) is 8.83. The van der Waals surface area contributed by atoms with Crippen molar-refractivity contribution in [3.63, 3.8) is 0 Å². The quantitative estimate of drug-likeness (QED) is 0.931. The maximum atomic E-state index is 3.45. The van der Waals surface area contributed by atoms with Crippen molar-refractivity contribution in [2.75, 3.05) is 26.2 Å². The van der Waals surface area contributed by atoms with E-state index in [1.165, 1.54) is 21.6 Å². The van der Waals surface area contributed by atoms with Gasteiger partial charge in [0.15, 0.2) is 0 Å². The fourth-order valence-corrected chi connectivity index (χ4v) is 3.93. The molecule has 106 valence electrons. The first-order chi connectivity index (χ1) is 9.75. The molecule has 1 atom stereocenters. The molecule has 3 rings (SSSR count). The van der Waals surface area contributed by atoms with Gasteiger partial charge >= 0.3 is 0 Å². The third-order valence-corrected chi connectivity index (χ3v) is 4.97. The Hall–Kier alpha value is -1.16. The standard InChI is InChI=1S/C17H22N2S/c1-13-5-6-15(14(2)12-13)17(16-4-3-11-20-16)19-9-7-18-8-10-19/h3-6,11-12,17-18H,7-10H2,1-2H3/t17-/m0/s1. The van der Waals surface area contributed by atoms with Crippen molar-refractivity contribution in [3.8, 4) is 0 Å². The SMILES string of the molecule is Cc1ccc([C@@H](c2cccs2)N2CCNCC2)c(C)c1. The van der Waals surface area contributed by atoms with Gasteiger partial charge in [0.1, 0.15) is 0 Å². The first-order valence-corrected chi connectivity index (χ1v) is 8.19. The van der Waals surface area contributed by atoms with E-state index in [9.17, 15) is 0 Å². The lowest BCUT2D eigenvalue weighted by atomic mass is 9.96. The average molecular weight is 286 g/mol. The van der Waals surface area contributed by atoms with Crippen LogP contribution in [-0.4, -0.2) is 31.1 Å². The lowest BCUT2D eigenvalue weighted by Gasteiger charge is -2.35. The summed E-state index contributed by atoms with van der Waals surface area (Å²) in [4.78, 5) is 4.07. The minimum Gasteiger partial charge on any atom is -0.314 e. The smallest absolute Gasteiger partial charge is 0.0699 e. The number of thiophene rings is 1. The Morgan fingerprint density at radius 1 is 1.15 bits per heavy atom. The highest BCUT2D eigenvalue weighted by Crippen LogP contribution is 2.34. The van der Waals surface area contributed by atoms with Crippen molar-refractivity contribution in [3.05, 3.63) is 57.3 Å². The second-order valence-corrected chi connectivity index (χ2v) is 6.54. The molecule has 1 N–H and O–H groups in total. The largest absolute Gasteiger partial charge is 0.314 e. The van der Waals surface area contributed by atoms with Gasteiger partial charge in [-0.1, -0.05) is 29.8 Å². The van der Waals surface area contributed by atoms with Crippen LogP contribution in [-0.2, 0) is 0 Å². The van der Waals surface area contributed by atoms with Crippen LogP contribution in [0.3, 0.4) is 0 Å². The molecule has 0 aliphatic carbocycles. The predicted octanol–water partition coefficient (Wildman–Crippen LogP) is 3.36. The van der Waals surface area contributed by atoms with E-state index in [-0.39, 0.29) is 0 Å². The fourth-order valence-electron chi connectivity index (χ4n) is 3.05. The van der Waals surface area contributed by atoms with Crippen molar-refractivity contribution in [2.45, 2.75) is 19.9 Å². The molecule has 1 aromatic carbocycles. The minimum absolute atomic E-state index is 0.415. The van der Waals surface area contributed by atoms with Crippen LogP contribution in [0.25, 0.3) is 0 Å². The summed E-state index contributed by atoms with van der Waals surface area (Å²) in [7, 11) is 0. The van der Waals surface area contributed by atoms with Crippen molar-refractivity contribution >= 4 is 11.3 Å². The molecule has 1 saturated heterocycles. The van der Waals surface area contributed by atoms with Gasteiger partial charge in [-0.3, -0.25) is 4.90 Å². The van der Waals surface area contributed by atoms with E-state index in [2.05, 4.69) is 59.8 Å².